The van der Waals surface area contributed by atoms with Gasteiger partial charge < -0.3 is 10.2 Å². The van der Waals surface area contributed by atoms with Crippen molar-refractivity contribution in [2.45, 2.75) is 25.8 Å². The highest BCUT2D eigenvalue weighted by molar-refractivity contribution is 5.97. The second-order valence-corrected chi connectivity index (χ2v) is 6.01. The fraction of sp³-hybridized carbons (Fsp3) is 0.263. The molecule has 1 aliphatic rings. The van der Waals surface area contributed by atoms with E-state index >= 15 is 0 Å². The van der Waals surface area contributed by atoms with Crippen molar-refractivity contribution in [2.24, 2.45) is 0 Å². The van der Waals surface area contributed by atoms with Crippen LogP contribution in [-0.2, 0) is 9.59 Å². The molecule has 6 heteroatoms. The summed E-state index contributed by atoms with van der Waals surface area (Å²) in [5.41, 5.74) is 1.55. The van der Waals surface area contributed by atoms with E-state index in [4.69, 9.17) is 0 Å². The van der Waals surface area contributed by atoms with Crippen LogP contribution in [-0.4, -0.2) is 23.3 Å². The first-order valence-corrected chi connectivity index (χ1v) is 8.14. The van der Waals surface area contributed by atoms with Gasteiger partial charge in [0.05, 0.1) is 6.04 Å². The van der Waals surface area contributed by atoms with Crippen LogP contribution in [0.25, 0.3) is 0 Å². The van der Waals surface area contributed by atoms with Crippen LogP contribution in [0.5, 0.6) is 0 Å². The molecule has 1 N–H and O–H groups in total. The van der Waals surface area contributed by atoms with E-state index in [2.05, 4.69) is 5.32 Å². The normalized spacial score (nSPS) is 16.8. The molecule has 25 heavy (non-hydrogen) atoms. The summed E-state index contributed by atoms with van der Waals surface area (Å²) in [5, 5.41) is 2.71. The third kappa shape index (κ3) is 3.52. The molecule has 2 aromatic carbocycles. The molecular formula is C19H18F2N2O2. The summed E-state index contributed by atoms with van der Waals surface area (Å²) in [6.45, 7) is 1.73. The van der Waals surface area contributed by atoms with Crippen LogP contribution >= 0.6 is 0 Å². The van der Waals surface area contributed by atoms with Gasteiger partial charge in [-0.05, 0) is 42.3 Å². The van der Waals surface area contributed by atoms with Gasteiger partial charge in [0.25, 0.3) is 0 Å². The molecule has 0 aromatic heterocycles. The third-order valence-corrected chi connectivity index (χ3v) is 4.18. The number of anilines is 1. The lowest BCUT2D eigenvalue weighted by molar-refractivity contribution is -0.136. The second-order valence-electron chi connectivity index (χ2n) is 6.01. The van der Waals surface area contributed by atoms with Crippen molar-refractivity contribution < 1.29 is 18.4 Å². The average Bonchev–Trinajstić information content (AvgIpc) is 2.72. The first-order valence-electron chi connectivity index (χ1n) is 8.14. The molecule has 2 amide bonds. The van der Waals surface area contributed by atoms with Crippen molar-refractivity contribution in [2.75, 3.05) is 11.9 Å². The molecule has 1 atom stereocenters. The van der Waals surface area contributed by atoms with Crippen LogP contribution in [0.15, 0.2) is 42.5 Å². The molecule has 0 radical (unpaired) electrons. The molecule has 0 saturated carbocycles. The van der Waals surface area contributed by atoms with Crippen molar-refractivity contribution in [3.05, 3.63) is 65.2 Å². The Morgan fingerprint density at radius 1 is 1.16 bits per heavy atom. The number of halogens is 2. The zero-order valence-corrected chi connectivity index (χ0v) is 13.8. The number of rotatable bonds is 3. The zero-order chi connectivity index (χ0) is 18.0. The van der Waals surface area contributed by atoms with Crippen LogP contribution in [0, 0.1) is 11.6 Å². The van der Waals surface area contributed by atoms with Gasteiger partial charge in [0, 0.05) is 17.7 Å². The lowest BCUT2D eigenvalue weighted by Crippen LogP contribution is -2.38. The maximum absolute atomic E-state index is 13.9. The molecule has 0 unspecified atom stereocenters. The number of nitrogens with zero attached hydrogens (tertiary/aromatic N) is 1. The Balaban J connectivity index is 2.17. The predicted octanol–water partition coefficient (Wildman–Crippen LogP) is 3.64. The number of benzene rings is 2. The van der Waals surface area contributed by atoms with Gasteiger partial charge >= 0.3 is 0 Å². The van der Waals surface area contributed by atoms with Crippen LogP contribution in [0.3, 0.4) is 0 Å². The Kier molecular flexibility index (Phi) is 4.79. The molecule has 0 bridgehead atoms. The molecule has 0 saturated heterocycles. The Morgan fingerprint density at radius 3 is 2.52 bits per heavy atom. The van der Waals surface area contributed by atoms with E-state index in [0.717, 1.165) is 0 Å². The van der Waals surface area contributed by atoms with Crippen molar-refractivity contribution in [1.82, 2.24) is 4.90 Å². The largest absolute Gasteiger partial charge is 0.324 e. The molecular weight excluding hydrogens is 326 g/mol. The van der Waals surface area contributed by atoms with E-state index in [-0.39, 0.29) is 24.8 Å². The lowest BCUT2D eigenvalue weighted by atomic mass is 9.95. The number of nitrogens with one attached hydrogen (secondary N) is 1. The van der Waals surface area contributed by atoms with E-state index in [9.17, 15) is 18.4 Å². The maximum Gasteiger partial charge on any atom is 0.244 e. The number of hydrogen-bond acceptors (Lipinski definition) is 2. The lowest BCUT2D eigenvalue weighted by Gasteiger charge is -2.30. The Hall–Kier alpha value is -2.76. The number of carbonyl (C=O) groups is 2. The summed E-state index contributed by atoms with van der Waals surface area (Å²) < 4.78 is 27.2. The molecule has 0 spiro atoms. The predicted molar refractivity (Wildman–Crippen MR) is 89.9 cm³/mol. The Bertz CT molecular complexity index is 806. The van der Waals surface area contributed by atoms with Crippen LogP contribution in [0.2, 0.25) is 0 Å². The summed E-state index contributed by atoms with van der Waals surface area (Å²) >= 11 is 0. The summed E-state index contributed by atoms with van der Waals surface area (Å²) in [6, 6.07) is 9.06. The first kappa shape index (κ1) is 17.1. The highest BCUT2D eigenvalue weighted by Crippen LogP contribution is 2.36. The molecule has 0 fully saturated rings. The number of hydrogen-bond donors (Lipinski definition) is 1. The quantitative estimate of drug-likeness (QED) is 0.924. The van der Waals surface area contributed by atoms with E-state index in [0.29, 0.717) is 23.2 Å². The van der Waals surface area contributed by atoms with Gasteiger partial charge in [0.15, 0.2) is 0 Å². The fourth-order valence-corrected chi connectivity index (χ4v) is 3.07. The standard InChI is InChI=1S/C19H18F2N2O2/c1-2-3-18(25)23-11-17(24)22-16-9-8-14(21)10-15(16)19(23)12-4-6-13(20)7-5-12/h4-10,19H,2-3,11H2,1H3,(H,22,24)/t19-/m0/s1. The van der Waals surface area contributed by atoms with Crippen LogP contribution < -0.4 is 5.32 Å². The summed E-state index contributed by atoms with van der Waals surface area (Å²) in [4.78, 5) is 26.3. The van der Waals surface area contributed by atoms with Crippen LogP contribution in [0.1, 0.15) is 36.9 Å². The van der Waals surface area contributed by atoms with Crippen molar-refractivity contribution >= 4 is 17.5 Å². The maximum atomic E-state index is 13.9. The van der Waals surface area contributed by atoms with Gasteiger partial charge in [0.2, 0.25) is 11.8 Å². The van der Waals surface area contributed by atoms with E-state index in [1.165, 1.54) is 35.2 Å². The van der Waals surface area contributed by atoms with Gasteiger partial charge in [-0.3, -0.25) is 9.59 Å². The van der Waals surface area contributed by atoms with Gasteiger partial charge in [-0.2, -0.15) is 0 Å². The molecule has 1 aliphatic heterocycles. The monoisotopic (exact) mass is 344 g/mol. The molecule has 3 rings (SSSR count). The SMILES string of the molecule is CCCC(=O)N1CC(=O)Nc2ccc(F)cc2[C@@H]1c1ccc(F)cc1. The Labute approximate surface area is 144 Å². The van der Waals surface area contributed by atoms with Gasteiger partial charge in [0.1, 0.15) is 18.2 Å². The van der Waals surface area contributed by atoms with E-state index < -0.39 is 17.7 Å². The van der Waals surface area contributed by atoms with Gasteiger partial charge in [-0.25, -0.2) is 8.78 Å². The highest BCUT2D eigenvalue weighted by atomic mass is 19.1. The van der Waals surface area contributed by atoms with Crippen LogP contribution in [0.4, 0.5) is 14.5 Å². The van der Waals surface area contributed by atoms with E-state index in [1.807, 2.05) is 6.92 Å². The number of fused-ring (bicyclic) bond motifs is 1. The molecule has 0 aliphatic carbocycles. The first-order chi connectivity index (χ1) is 12.0. The minimum Gasteiger partial charge on any atom is -0.324 e. The Morgan fingerprint density at radius 2 is 1.84 bits per heavy atom. The van der Waals surface area contributed by atoms with Gasteiger partial charge in [-0.15, -0.1) is 0 Å². The molecule has 4 nitrogen and oxygen atoms in total. The topological polar surface area (TPSA) is 49.4 Å². The molecule has 1 heterocycles. The molecule has 2 aromatic rings. The summed E-state index contributed by atoms with van der Waals surface area (Å²) in [5.74, 6) is -1.42. The summed E-state index contributed by atoms with van der Waals surface area (Å²) in [6.07, 6.45) is 0.902. The second kappa shape index (κ2) is 7.01. The molecule has 130 valence electrons. The highest BCUT2D eigenvalue weighted by Gasteiger charge is 2.33. The zero-order valence-electron chi connectivity index (χ0n) is 13.8. The van der Waals surface area contributed by atoms with Crippen molar-refractivity contribution in [3.8, 4) is 0 Å². The smallest absolute Gasteiger partial charge is 0.244 e. The van der Waals surface area contributed by atoms with Gasteiger partial charge in [-0.1, -0.05) is 19.1 Å². The number of carbonyl (C=O) groups excluding carboxylic acids is 2. The number of amides is 2. The van der Waals surface area contributed by atoms with E-state index in [1.54, 1.807) is 12.1 Å². The minimum absolute atomic E-state index is 0.142. The fourth-order valence-electron chi connectivity index (χ4n) is 3.07. The van der Waals surface area contributed by atoms with Crippen molar-refractivity contribution in [1.29, 1.82) is 0 Å². The van der Waals surface area contributed by atoms with Crippen molar-refractivity contribution in [3.63, 3.8) is 0 Å². The average molecular weight is 344 g/mol. The minimum atomic E-state index is -0.663. The summed E-state index contributed by atoms with van der Waals surface area (Å²) in [7, 11) is 0. The third-order valence-electron chi connectivity index (χ3n) is 4.18.